The number of hydrogen-bond donors (Lipinski definition) is 18. The number of nitrogens with zero attached hydrogens (tertiary/aromatic N) is 6. The highest BCUT2D eigenvalue weighted by Crippen LogP contribution is 2.23. The lowest BCUT2D eigenvalue weighted by Gasteiger charge is -2.36. The minimum absolute atomic E-state index is 0.0434. The molecule has 5 rings (SSSR count). The largest absolute Gasteiger partial charge is 0.508 e. The van der Waals surface area contributed by atoms with Gasteiger partial charge < -0.3 is 114 Å². The fourth-order valence-electron chi connectivity index (χ4n) is 12.2. The third-order valence-electron chi connectivity index (χ3n) is 18.7. The lowest BCUT2D eigenvalue weighted by atomic mass is 9.99. The second-order valence-electron chi connectivity index (χ2n) is 27.7. The number of carbonyl (C=O) groups excluding carboxylic acids is 12. The van der Waals surface area contributed by atoms with Crippen LogP contribution in [0.1, 0.15) is 89.1 Å². The monoisotopic (exact) mass is 1550 g/mol. The standard InChI is InChI=1S/C73H104N18O20/c1-39(2)59(71(109)91-29-17-23-52(91)63(101)82-48(72(110)111)22-16-28-78-73(75)76)85-66(104)60(42(5)94)86-62(100)49(30-45-24-26-47(95)27-25-45)83-61(99)50(33-46-35-77-38-79-46)84-65(103)55(37-92)90(9)67(105)40(3)80-64(102)53(31-43-18-12-10-13-19-43)88(7)69(107)54(32-44-20-14-11-15-21-44)89(8)68(106)51(34-57(97)98)81-56(96)36-87(6)70(108)58(74)41(4)93/h10-15,18-21,24-27,35,38-42,48-55,58-60,92-95H,16-17,22-23,28-34,36-37,74H2,1-9H3,(H,77,79)(H,80,102)(H,81,96)(H,82,101)(H,83,99)(H,84,103)(H,85,104)(H,86,100)(H,97,98)(H,110,111)(H4,75,76,78)/t40-,41+,42+,48-,49-,50-,51-,52-,53-,54-,55-,58-,59-,60-/m0/s1. The number of guanidine groups is 1. The van der Waals surface area contributed by atoms with E-state index in [1.807, 2.05) is 0 Å². The summed E-state index contributed by atoms with van der Waals surface area (Å²) in [7, 11) is 4.77. The molecule has 1 aliphatic heterocycles. The number of carbonyl (C=O) groups is 14. The maximum atomic E-state index is 15.2. The fraction of sp³-hybridized carbons (Fsp3) is 0.507. The number of aromatic hydroxyl groups is 1. The molecule has 1 aliphatic rings. The number of hydrogen-bond acceptors (Lipinski definition) is 21. The van der Waals surface area contributed by atoms with Crippen molar-refractivity contribution in [2.24, 2.45) is 17.4 Å². The van der Waals surface area contributed by atoms with E-state index in [0.717, 1.165) is 33.6 Å². The summed E-state index contributed by atoms with van der Waals surface area (Å²) >= 11 is 0. The van der Waals surface area contributed by atoms with E-state index in [4.69, 9.17) is 16.9 Å². The Balaban J connectivity index is 1.38. The molecule has 0 radical (unpaired) electrons. The van der Waals surface area contributed by atoms with Crippen LogP contribution in [0.4, 0.5) is 0 Å². The Labute approximate surface area is 641 Å². The number of H-pyrrole nitrogens is 1. The summed E-state index contributed by atoms with van der Waals surface area (Å²) in [6, 6.07) is 3.29. The van der Waals surface area contributed by atoms with Crippen molar-refractivity contribution in [3.8, 4) is 5.75 Å². The predicted molar refractivity (Wildman–Crippen MR) is 398 cm³/mol. The number of nitrogens with two attached hydrogens (primary N) is 2. The van der Waals surface area contributed by atoms with Gasteiger partial charge in [0.15, 0.2) is 5.96 Å². The molecule has 12 amide bonds. The number of imidazole rings is 1. The van der Waals surface area contributed by atoms with Crippen LogP contribution in [0.25, 0.3) is 0 Å². The number of carboxylic acids is 2. The normalized spacial score (nSPS) is 16.1. The predicted octanol–water partition coefficient (Wildman–Crippen LogP) is -4.71. The number of aliphatic hydroxyl groups excluding tert-OH is 3. The van der Waals surface area contributed by atoms with E-state index in [0.29, 0.717) is 23.1 Å². The summed E-state index contributed by atoms with van der Waals surface area (Å²) in [5.41, 5.74) is 12.6. The molecule has 0 saturated carbocycles. The van der Waals surface area contributed by atoms with E-state index in [1.54, 1.807) is 74.5 Å². The van der Waals surface area contributed by atoms with Gasteiger partial charge in [-0.2, -0.15) is 0 Å². The van der Waals surface area contributed by atoms with Crippen LogP contribution < -0.4 is 54.0 Å². The lowest BCUT2D eigenvalue weighted by molar-refractivity contribution is -0.150. The number of aromatic nitrogens is 2. The molecule has 14 atom stereocenters. The average molecular weight is 1550 g/mol. The fourth-order valence-corrected chi connectivity index (χ4v) is 12.2. The van der Waals surface area contributed by atoms with Crippen LogP contribution in [0.3, 0.4) is 0 Å². The molecule has 2 heterocycles. The molecule has 1 aromatic heterocycles. The average Bonchev–Trinajstić information content (AvgIpc) is 1.79. The first-order chi connectivity index (χ1) is 52.3. The highest BCUT2D eigenvalue weighted by atomic mass is 16.4. The molecule has 1 saturated heterocycles. The van der Waals surface area contributed by atoms with Gasteiger partial charge in [-0.1, -0.05) is 86.6 Å². The van der Waals surface area contributed by atoms with Gasteiger partial charge in [-0.05, 0) is 81.2 Å². The van der Waals surface area contributed by atoms with Crippen LogP contribution in [0.2, 0.25) is 0 Å². The summed E-state index contributed by atoms with van der Waals surface area (Å²) in [6.45, 7) is 5.22. The van der Waals surface area contributed by atoms with Gasteiger partial charge in [-0.15, -0.1) is 0 Å². The van der Waals surface area contributed by atoms with Gasteiger partial charge in [0.25, 0.3) is 0 Å². The zero-order valence-electron chi connectivity index (χ0n) is 63.3. The number of likely N-dealkylation sites (N-methyl/N-ethyl adjacent to an activating group) is 4. The molecule has 20 N–H and O–H groups in total. The second-order valence-corrected chi connectivity index (χ2v) is 27.7. The molecule has 0 bridgehead atoms. The van der Waals surface area contributed by atoms with E-state index < -0.39 is 199 Å². The van der Waals surface area contributed by atoms with Crippen LogP contribution in [0.5, 0.6) is 5.75 Å². The van der Waals surface area contributed by atoms with Crippen LogP contribution in [-0.4, -0.2) is 293 Å². The number of aromatic amines is 1. The van der Waals surface area contributed by atoms with Crippen molar-refractivity contribution in [2.45, 2.75) is 177 Å². The van der Waals surface area contributed by atoms with Crippen LogP contribution in [0.15, 0.2) is 97.5 Å². The van der Waals surface area contributed by atoms with Crippen molar-refractivity contribution in [2.75, 3.05) is 54.4 Å². The molecule has 3 aromatic carbocycles. The summed E-state index contributed by atoms with van der Waals surface area (Å²) in [5, 5.41) is 89.3. The number of aliphatic carboxylic acids is 2. The Morgan fingerprint density at radius 1 is 0.604 bits per heavy atom. The van der Waals surface area contributed by atoms with Crippen LogP contribution in [0, 0.1) is 11.3 Å². The number of carboxylic acid groups (broad SMARTS) is 2. The van der Waals surface area contributed by atoms with Crippen LogP contribution in [-0.2, 0) is 92.8 Å². The smallest absolute Gasteiger partial charge is 0.326 e. The topological polar surface area (TPSA) is 577 Å². The molecule has 606 valence electrons. The van der Waals surface area contributed by atoms with Crippen molar-refractivity contribution in [3.63, 3.8) is 0 Å². The molecular weight excluding hydrogens is 1450 g/mol. The number of phenolic OH excluding ortho intramolecular Hbond substituents is 1. The molecule has 0 spiro atoms. The van der Waals surface area contributed by atoms with Gasteiger partial charge in [0.1, 0.15) is 78.3 Å². The number of likely N-dealkylation sites (tertiary alicyclic amines) is 1. The van der Waals surface area contributed by atoms with Gasteiger partial charge >= 0.3 is 11.9 Å². The first-order valence-electron chi connectivity index (χ1n) is 35.9. The molecule has 38 nitrogen and oxygen atoms in total. The molecule has 111 heavy (non-hydrogen) atoms. The first-order valence-corrected chi connectivity index (χ1v) is 35.9. The van der Waals surface area contributed by atoms with E-state index in [2.05, 4.69) is 52.5 Å². The molecule has 38 heteroatoms. The second kappa shape index (κ2) is 42.9. The van der Waals surface area contributed by atoms with Gasteiger partial charge in [0.05, 0.1) is 43.8 Å². The number of phenols is 1. The molecule has 0 unspecified atom stereocenters. The van der Waals surface area contributed by atoms with E-state index in [-0.39, 0.29) is 69.0 Å². The summed E-state index contributed by atoms with van der Waals surface area (Å²) in [6.07, 6.45) is -1.91. The Kier molecular flexibility index (Phi) is 34.8. The van der Waals surface area contributed by atoms with Gasteiger partial charge in [-0.3, -0.25) is 67.7 Å². The number of amides is 12. The zero-order valence-corrected chi connectivity index (χ0v) is 63.3. The quantitative estimate of drug-likeness (QED) is 0.0113. The van der Waals surface area contributed by atoms with Gasteiger partial charge in [0.2, 0.25) is 70.9 Å². The number of rotatable bonds is 42. The number of benzene rings is 3. The molecular formula is C73H104N18O20. The Morgan fingerprint density at radius 2 is 1.14 bits per heavy atom. The minimum atomic E-state index is -1.85. The minimum Gasteiger partial charge on any atom is -0.508 e. The first kappa shape index (κ1) is 90.0. The third-order valence-corrected chi connectivity index (χ3v) is 18.7. The highest BCUT2D eigenvalue weighted by molar-refractivity contribution is 6.00. The lowest BCUT2D eigenvalue weighted by Crippen LogP contribution is -2.63. The van der Waals surface area contributed by atoms with Crippen LogP contribution >= 0.6 is 0 Å². The summed E-state index contributed by atoms with van der Waals surface area (Å²) in [5.74, 6) is -15.7. The molecule has 0 aliphatic carbocycles. The summed E-state index contributed by atoms with van der Waals surface area (Å²) in [4.78, 5) is 208. The molecule has 1 fully saturated rings. The van der Waals surface area contributed by atoms with E-state index in [1.165, 1.54) is 76.7 Å². The zero-order chi connectivity index (χ0) is 82.7. The van der Waals surface area contributed by atoms with Crippen molar-refractivity contribution in [1.82, 2.24) is 77.0 Å². The van der Waals surface area contributed by atoms with Crippen molar-refractivity contribution in [3.05, 3.63) is 120 Å². The van der Waals surface area contributed by atoms with Gasteiger partial charge in [0, 0.05) is 73.2 Å². The number of nitrogens with one attached hydrogen (secondary N) is 10. The Morgan fingerprint density at radius 3 is 1.68 bits per heavy atom. The third kappa shape index (κ3) is 26.9. The highest BCUT2D eigenvalue weighted by Gasteiger charge is 2.44. The molecule has 4 aromatic rings. The van der Waals surface area contributed by atoms with Crippen molar-refractivity contribution < 1.29 is 97.8 Å². The van der Waals surface area contributed by atoms with E-state index >= 15 is 4.79 Å². The maximum absolute atomic E-state index is 15.2. The maximum Gasteiger partial charge on any atom is 0.326 e. The van der Waals surface area contributed by atoms with Gasteiger partial charge in [-0.25, -0.2) is 9.78 Å². The van der Waals surface area contributed by atoms with E-state index in [9.17, 15) is 93.0 Å². The Bertz CT molecular complexity index is 3870. The number of aliphatic hydroxyl groups is 3. The van der Waals surface area contributed by atoms with Crippen molar-refractivity contribution >= 4 is 88.8 Å². The SMILES string of the molecule is CC(C)[C@H](NC(=O)[C@@H](NC(=O)[C@H](Cc1ccc(O)cc1)NC(=O)[C@H](Cc1c[nH]cn1)NC(=O)[C@H](CO)N(C)C(=O)[C@H](C)NC(=O)[C@H](Cc1ccccc1)N(C)C(=O)[C@H](Cc1ccccc1)N(C)C(=O)[C@H](CC(=O)O)NC(=O)CN(C)C(=O)[C@@H](N)[C@@H](C)O)[C@@H](C)O)C(=O)N1CCC[C@H]1C(=O)N[C@@H](CCCNC(=N)N)C(=O)O. The summed E-state index contributed by atoms with van der Waals surface area (Å²) < 4.78 is 0. The Hall–Kier alpha value is -11.6. The van der Waals surface area contributed by atoms with Crippen molar-refractivity contribution in [1.29, 1.82) is 5.41 Å².